The third-order valence-electron chi connectivity index (χ3n) is 2.17. The highest BCUT2D eigenvalue weighted by atomic mass is 79.9. The molecule has 1 aromatic carbocycles. The van der Waals surface area contributed by atoms with E-state index < -0.39 is 0 Å². The summed E-state index contributed by atoms with van der Waals surface area (Å²) >= 11 is 11.4. The van der Waals surface area contributed by atoms with E-state index >= 15 is 0 Å². The van der Waals surface area contributed by atoms with Crippen LogP contribution < -0.4 is 0 Å². The Bertz CT molecular complexity index is 476. The Morgan fingerprint density at radius 3 is 2.73 bits per heavy atom. The van der Waals surface area contributed by atoms with Gasteiger partial charge >= 0.3 is 0 Å². The van der Waals surface area contributed by atoms with Crippen LogP contribution in [0.3, 0.4) is 0 Å². The van der Waals surface area contributed by atoms with E-state index in [4.69, 9.17) is 11.6 Å². The zero-order valence-corrected chi connectivity index (χ0v) is 11.4. The van der Waals surface area contributed by atoms with E-state index in [2.05, 4.69) is 41.1 Å². The van der Waals surface area contributed by atoms with Crippen LogP contribution in [0.2, 0.25) is 5.02 Å². The minimum Gasteiger partial charge on any atom is -0.145 e. The second kappa shape index (κ2) is 4.69. The van der Waals surface area contributed by atoms with E-state index in [9.17, 15) is 0 Å². The molecule has 0 saturated heterocycles. The van der Waals surface area contributed by atoms with E-state index in [1.807, 2.05) is 23.5 Å². The van der Waals surface area contributed by atoms with Crippen molar-refractivity contribution in [3.05, 3.63) is 55.1 Å². The molecule has 0 bridgehead atoms. The zero-order valence-electron chi connectivity index (χ0n) is 8.26. The molecule has 0 fully saturated rings. The molecule has 1 aromatic heterocycles. The summed E-state index contributed by atoms with van der Waals surface area (Å²) in [6.07, 6.45) is 0.913. The molecule has 0 saturated carbocycles. The van der Waals surface area contributed by atoms with Crippen LogP contribution >= 0.6 is 38.9 Å². The molecule has 0 aliphatic rings. The smallest absolute Gasteiger partial charge is 0.0442 e. The number of rotatable bonds is 2. The van der Waals surface area contributed by atoms with Gasteiger partial charge in [0.25, 0.3) is 0 Å². The second-order valence-corrected chi connectivity index (χ2v) is 6.12. The quantitative estimate of drug-likeness (QED) is 0.727. The molecule has 0 spiro atoms. The van der Waals surface area contributed by atoms with Crippen molar-refractivity contribution < 1.29 is 0 Å². The van der Waals surface area contributed by atoms with Gasteiger partial charge in [-0.15, -0.1) is 11.3 Å². The van der Waals surface area contributed by atoms with Crippen LogP contribution in [-0.2, 0) is 6.42 Å². The SMILES string of the molecule is Cc1ccc(Cc2cc(Br)ccc2Cl)s1. The fourth-order valence-corrected chi connectivity index (χ4v) is 2.95. The molecule has 1 heterocycles. The van der Waals surface area contributed by atoms with Crippen molar-refractivity contribution in [2.24, 2.45) is 0 Å². The summed E-state index contributed by atoms with van der Waals surface area (Å²) in [4.78, 5) is 2.70. The van der Waals surface area contributed by atoms with Crippen molar-refractivity contribution in [1.29, 1.82) is 0 Å². The molecule has 2 aromatic rings. The van der Waals surface area contributed by atoms with Crippen LogP contribution in [0.15, 0.2) is 34.8 Å². The van der Waals surface area contributed by atoms with Gasteiger partial charge in [0.05, 0.1) is 0 Å². The van der Waals surface area contributed by atoms with Crippen LogP contribution in [0.25, 0.3) is 0 Å². The van der Waals surface area contributed by atoms with Crippen LogP contribution in [-0.4, -0.2) is 0 Å². The van der Waals surface area contributed by atoms with Crippen LogP contribution in [0.4, 0.5) is 0 Å². The first kappa shape index (κ1) is 11.2. The summed E-state index contributed by atoms with van der Waals surface area (Å²) in [7, 11) is 0. The lowest BCUT2D eigenvalue weighted by atomic mass is 10.1. The summed E-state index contributed by atoms with van der Waals surface area (Å²) in [6.45, 7) is 2.12. The Hall–Kier alpha value is -0.310. The van der Waals surface area contributed by atoms with Gasteiger partial charge < -0.3 is 0 Å². The third kappa shape index (κ3) is 2.83. The topological polar surface area (TPSA) is 0 Å². The summed E-state index contributed by atoms with van der Waals surface area (Å²) < 4.78 is 1.08. The lowest BCUT2D eigenvalue weighted by Crippen LogP contribution is -1.86. The fourth-order valence-electron chi connectivity index (χ4n) is 1.45. The molecule has 0 unspecified atom stereocenters. The van der Waals surface area contributed by atoms with Crippen molar-refractivity contribution in [2.75, 3.05) is 0 Å². The molecule has 0 atom stereocenters. The molecule has 0 radical (unpaired) electrons. The van der Waals surface area contributed by atoms with E-state index in [0.29, 0.717) is 0 Å². The number of hydrogen-bond acceptors (Lipinski definition) is 1. The molecule has 0 nitrogen and oxygen atoms in total. The number of hydrogen-bond donors (Lipinski definition) is 0. The molecule has 0 aliphatic heterocycles. The summed E-state index contributed by atoms with van der Waals surface area (Å²) in [5.41, 5.74) is 1.17. The van der Waals surface area contributed by atoms with Crippen LogP contribution in [0, 0.1) is 6.92 Å². The maximum Gasteiger partial charge on any atom is 0.0442 e. The minimum absolute atomic E-state index is 0.837. The Morgan fingerprint density at radius 2 is 2.07 bits per heavy atom. The Morgan fingerprint density at radius 1 is 1.27 bits per heavy atom. The van der Waals surface area contributed by atoms with Gasteiger partial charge in [0, 0.05) is 25.7 Å². The van der Waals surface area contributed by atoms with Gasteiger partial charge in [0.15, 0.2) is 0 Å². The molecule has 78 valence electrons. The van der Waals surface area contributed by atoms with Crippen molar-refractivity contribution >= 4 is 38.9 Å². The standard InChI is InChI=1S/C12H10BrClS/c1-8-2-4-11(15-8)7-9-6-10(13)3-5-12(9)14/h2-6H,7H2,1H3. The van der Waals surface area contributed by atoms with Gasteiger partial charge in [-0.25, -0.2) is 0 Å². The monoisotopic (exact) mass is 300 g/mol. The average Bonchev–Trinajstić information content (AvgIpc) is 2.58. The lowest BCUT2D eigenvalue weighted by molar-refractivity contribution is 1.24. The normalized spacial score (nSPS) is 10.6. The first-order valence-corrected chi connectivity index (χ1v) is 6.63. The second-order valence-electron chi connectivity index (χ2n) is 3.42. The highest BCUT2D eigenvalue weighted by molar-refractivity contribution is 9.10. The van der Waals surface area contributed by atoms with Crippen molar-refractivity contribution in [3.8, 4) is 0 Å². The highest BCUT2D eigenvalue weighted by Gasteiger charge is 2.04. The maximum atomic E-state index is 6.14. The number of halogens is 2. The first-order chi connectivity index (χ1) is 7.15. The van der Waals surface area contributed by atoms with Crippen molar-refractivity contribution in [1.82, 2.24) is 0 Å². The fraction of sp³-hybridized carbons (Fsp3) is 0.167. The molecule has 0 amide bonds. The van der Waals surface area contributed by atoms with Gasteiger partial charge in [0.1, 0.15) is 0 Å². The van der Waals surface area contributed by atoms with Crippen LogP contribution in [0.1, 0.15) is 15.3 Å². The minimum atomic E-state index is 0.837. The predicted octanol–water partition coefficient (Wildman–Crippen LogP) is 5.06. The summed E-state index contributed by atoms with van der Waals surface area (Å²) in [5, 5.41) is 0.837. The summed E-state index contributed by atoms with van der Waals surface area (Å²) in [6, 6.07) is 10.3. The number of benzene rings is 1. The Labute approximate surface area is 107 Å². The highest BCUT2D eigenvalue weighted by Crippen LogP contribution is 2.26. The number of thiophene rings is 1. The molecular weight excluding hydrogens is 292 g/mol. The molecule has 15 heavy (non-hydrogen) atoms. The molecule has 0 N–H and O–H groups in total. The molecule has 3 heteroatoms. The Kier molecular flexibility index (Phi) is 3.49. The third-order valence-corrected chi connectivity index (χ3v) is 4.03. The molecule has 2 rings (SSSR count). The van der Waals surface area contributed by atoms with Gasteiger partial charge in [0.2, 0.25) is 0 Å². The van der Waals surface area contributed by atoms with Gasteiger partial charge in [-0.3, -0.25) is 0 Å². The van der Waals surface area contributed by atoms with Crippen molar-refractivity contribution in [2.45, 2.75) is 13.3 Å². The van der Waals surface area contributed by atoms with Gasteiger partial charge in [-0.05, 0) is 42.8 Å². The van der Waals surface area contributed by atoms with Gasteiger partial charge in [-0.1, -0.05) is 27.5 Å². The van der Waals surface area contributed by atoms with Crippen LogP contribution in [0.5, 0.6) is 0 Å². The largest absolute Gasteiger partial charge is 0.145 e. The number of aryl methyl sites for hydroxylation is 1. The Balaban J connectivity index is 2.27. The van der Waals surface area contributed by atoms with Gasteiger partial charge in [-0.2, -0.15) is 0 Å². The summed E-state index contributed by atoms with van der Waals surface area (Å²) in [5.74, 6) is 0. The van der Waals surface area contributed by atoms with E-state index in [0.717, 1.165) is 15.9 Å². The first-order valence-electron chi connectivity index (χ1n) is 4.64. The zero-order chi connectivity index (χ0) is 10.8. The van der Waals surface area contributed by atoms with Crippen molar-refractivity contribution in [3.63, 3.8) is 0 Å². The van der Waals surface area contributed by atoms with E-state index in [-0.39, 0.29) is 0 Å². The molecular formula is C12H10BrClS. The maximum absolute atomic E-state index is 6.14. The lowest BCUT2D eigenvalue weighted by Gasteiger charge is -2.02. The average molecular weight is 302 g/mol. The molecule has 0 aliphatic carbocycles. The van der Waals surface area contributed by atoms with E-state index in [1.54, 1.807) is 0 Å². The van der Waals surface area contributed by atoms with E-state index in [1.165, 1.54) is 15.3 Å². The predicted molar refractivity (Wildman–Crippen MR) is 71.0 cm³/mol.